The van der Waals surface area contributed by atoms with Crippen LogP contribution in [-0.2, 0) is 14.4 Å². The third kappa shape index (κ3) is 11.5. The number of carboxylic acid groups (broad SMARTS) is 1. The van der Waals surface area contributed by atoms with Crippen LogP contribution in [-0.4, -0.2) is 47.9 Å². The van der Waals surface area contributed by atoms with Crippen LogP contribution in [0.5, 0.6) is 0 Å². The molecule has 0 bridgehead atoms. The van der Waals surface area contributed by atoms with Crippen molar-refractivity contribution in [2.45, 2.75) is 58.8 Å². The van der Waals surface area contributed by atoms with Crippen LogP contribution >= 0.6 is 11.6 Å². The summed E-state index contributed by atoms with van der Waals surface area (Å²) in [5.74, 6) is -1.63. The monoisotopic (exact) mass is 608 g/mol. The normalized spacial score (nSPS) is 17.9. The van der Waals surface area contributed by atoms with Gasteiger partial charge in [0.2, 0.25) is 12.3 Å². The van der Waals surface area contributed by atoms with Gasteiger partial charge in [-0.3, -0.25) is 14.4 Å². The summed E-state index contributed by atoms with van der Waals surface area (Å²) in [4.78, 5) is 36.8. The van der Waals surface area contributed by atoms with Crippen molar-refractivity contribution in [3.63, 3.8) is 0 Å². The molecule has 2 amide bonds. The van der Waals surface area contributed by atoms with Gasteiger partial charge in [0.1, 0.15) is 5.83 Å². The molecule has 1 unspecified atom stereocenters. The topological polar surface area (TPSA) is 86.7 Å². The molecule has 2 N–H and O–H groups in total. The number of nitrogens with one attached hydrogen (secondary N) is 1. The third-order valence-electron chi connectivity index (χ3n) is 7.95. The standard InChI is InChI=1S/C26H31ClN2O4.C9H11F/c1-18-13-22(20-5-7-24(27)8-6-20)4-2-3-21(18)15-23(26(32)33)16-28-25(31)14-19-9-11-29(17-30)12-10-19;1-2-8-4-3-5-9(10)7-6-8/h3-8,13,17,19,23H,2,9-12,14-16H2,1H3,(H,28,31)(H,32,33);4-7H,2-3H2,1H3. The molecule has 43 heavy (non-hydrogen) atoms. The van der Waals surface area contributed by atoms with Crippen LogP contribution in [0, 0.1) is 11.8 Å². The number of piperidine rings is 1. The zero-order chi connectivity index (χ0) is 31.2. The summed E-state index contributed by atoms with van der Waals surface area (Å²) in [5.41, 5.74) is 5.36. The van der Waals surface area contributed by atoms with Crippen molar-refractivity contribution in [2.75, 3.05) is 19.6 Å². The predicted molar refractivity (Wildman–Crippen MR) is 171 cm³/mol. The van der Waals surface area contributed by atoms with Crippen LogP contribution in [0.1, 0.15) is 64.4 Å². The van der Waals surface area contributed by atoms with E-state index >= 15 is 0 Å². The van der Waals surface area contributed by atoms with Crippen molar-refractivity contribution in [1.82, 2.24) is 10.2 Å². The maximum Gasteiger partial charge on any atom is 0.308 e. The summed E-state index contributed by atoms with van der Waals surface area (Å²) in [5, 5.41) is 13.3. The smallest absolute Gasteiger partial charge is 0.308 e. The van der Waals surface area contributed by atoms with E-state index in [0.29, 0.717) is 37.4 Å². The Hall–Kier alpha value is -3.71. The van der Waals surface area contributed by atoms with Gasteiger partial charge in [0.05, 0.1) is 5.92 Å². The quantitative estimate of drug-likeness (QED) is 0.268. The Bertz CT molecular complexity index is 1320. The molecule has 1 aliphatic heterocycles. The summed E-state index contributed by atoms with van der Waals surface area (Å²) < 4.78 is 12.5. The number of rotatable bonds is 10. The maximum absolute atomic E-state index is 12.5. The maximum atomic E-state index is 12.5. The van der Waals surface area contributed by atoms with E-state index in [-0.39, 0.29) is 24.2 Å². The second-order valence-corrected chi connectivity index (χ2v) is 11.5. The molecule has 1 fully saturated rings. The minimum absolute atomic E-state index is 0.101. The van der Waals surface area contributed by atoms with Crippen molar-refractivity contribution >= 4 is 35.5 Å². The number of halogens is 2. The number of hydrogen-bond acceptors (Lipinski definition) is 3. The molecular weight excluding hydrogens is 567 g/mol. The fourth-order valence-corrected chi connectivity index (χ4v) is 5.34. The molecule has 4 rings (SSSR count). The number of benzene rings is 1. The molecule has 0 aromatic heterocycles. The Morgan fingerprint density at radius 2 is 1.79 bits per heavy atom. The molecular formula is C35H42ClFN2O4. The van der Waals surface area contributed by atoms with Gasteiger partial charge in [-0.2, -0.15) is 0 Å². The zero-order valence-corrected chi connectivity index (χ0v) is 25.8. The molecule has 0 spiro atoms. The van der Waals surface area contributed by atoms with Crippen LogP contribution in [0.2, 0.25) is 5.02 Å². The zero-order valence-electron chi connectivity index (χ0n) is 25.0. The number of likely N-dealkylation sites (tertiary alicyclic amines) is 1. The molecule has 1 aromatic carbocycles. The number of carboxylic acids is 1. The Kier molecular flexibility index (Phi) is 13.7. The molecule has 1 aromatic rings. The third-order valence-corrected chi connectivity index (χ3v) is 8.20. The summed E-state index contributed by atoms with van der Waals surface area (Å²) in [6.45, 7) is 5.50. The van der Waals surface area contributed by atoms with E-state index in [1.807, 2.05) is 43.3 Å². The van der Waals surface area contributed by atoms with Gasteiger partial charge < -0.3 is 15.3 Å². The van der Waals surface area contributed by atoms with Crippen molar-refractivity contribution in [3.05, 3.63) is 99.9 Å². The van der Waals surface area contributed by atoms with Gasteiger partial charge in [-0.15, -0.1) is 0 Å². The largest absolute Gasteiger partial charge is 0.481 e. The minimum atomic E-state index is -0.918. The molecule has 1 atom stereocenters. The molecule has 2 aliphatic carbocycles. The first-order valence-corrected chi connectivity index (χ1v) is 15.3. The fraction of sp³-hybridized carbons (Fsp3) is 0.400. The summed E-state index contributed by atoms with van der Waals surface area (Å²) in [6.07, 6.45) is 18.8. The average Bonchev–Trinajstić information content (AvgIpc) is 3.33. The van der Waals surface area contributed by atoms with Crippen molar-refractivity contribution in [1.29, 1.82) is 0 Å². The summed E-state index contributed by atoms with van der Waals surface area (Å²) in [7, 11) is 0. The Labute approximate surface area is 259 Å². The predicted octanol–water partition coefficient (Wildman–Crippen LogP) is 7.60. The first-order valence-electron chi connectivity index (χ1n) is 14.9. The highest BCUT2D eigenvalue weighted by atomic mass is 35.5. The Morgan fingerprint density at radius 3 is 2.44 bits per heavy atom. The number of carbonyl (C=O) groups excluding carboxylic acids is 2. The highest BCUT2D eigenvalue weighted by Crippen LogP contribution is 2.29. The van der Waals surface area contributed by atoms with Crippen LogP contribution in [0.25, 0.3) is 5.57 Å². The Morgan fingerprint density at radius 1 is 1.09 bits per heavy atom. The van der Waals surface area contributed by atoms with E-state index in [0.717, 1.165) is 54.4 Å². The first-order chi connectivity index (χ1) is 20.7. The highest BCUT2D eigenvalue weighted by molar-refractivity contribution is 6.30. The van der Waals surface area contributed by atoms with E-state index in [2.05, 4.69) is 30.5 Å². The van der Waals surface area contributed by atoms with Crippen LogP contribution in [0.15, 0.2) is 89.3 Å². The molecule has 230 valence electrons. The number of aliphatic carboxylic acids is 1. The van der Waals surface area contributed by atoms with Crippen LogP contribution in [0.3, 0.4) is 0 Å². The van der Waals surface area contributed by atoms with Crippen molar-refractivity contribution in [3.8, 4) is 0 Å². The van der Waals surface area contributed by atoms with Gasteiger partial charge in [-0.25, -0.2) is 4.39 Å². The molecule has 0 radical (unpaired) electrons. The number of carbonyl (C=O) groups is 3. The van der Waals surface area contributed by atoms with E-state index in [9.17, 15) is 23.9 Å². The Balaban J connectivity index is 0.000000428. The fourth-order valence-electron chi connectivity index (χ4n) is 5.22. The lowest BCUT2D eigenvalue weighted by Crippen LogP contribution is -2.37. The van der Waals surface area contributed by atoms with Crippen molar-refractivity contribution < 1.29 is 23.9 Å². The number of amides is 2. The first kappa shape index (κ1) is 33.8. The lowest BCUT2D eigenvalue weighted by Gasteiger charge is -2.28. The minimum Gasteiger partial charge on any atom is -0.481 e. The van der Waals surface area contributed by atoms with Gasteiger partial charge in [0.15, 0.2) is 0 Å². The molecule has 8 heteroatoms. The highest BCUT2D eigenvalue weighted by Gasteiger charge is 2.24. The van der Waals surface area contributed by atoms with Crippen LogP contribution in [0.4, 0.5) is 4.39 Å². The van der Waals surface area contributed by atoms with E-state index < -0.39 is 11.9 Å². The number of allylic oxidation sites excluding steroid dienone is 12. The van der Waals surface area contributed by atoms with Crippen molar-refractivity contribution in [2.24, 2.45) is 11.8 Å². The molecule has 0 saturated carbocycles. The second kappa shape index (κ2) is 17.4. The summed E-state index contributed by atoms with van der Waals surface area (Å²) in [6, 6.07) is 7.66. The molecule has 6 nitrogen and oxygen atoms in total. The lowest BCUT2D eigenvalue weighted by atomic mass is 9.92. The molecule has 3 aliphatic rings. The van der Waals surface area contributed by atoms with E-state index in [1.165, 1.54) is 11.6 Å². The number of nitrogens with zero attached hydrogens (tertiary/aromatic N) is 1. The van der Waals surface area contributed by atoms with Crippen LogP contribution < -0.4 is 5.32 Å². The van der Waals surface area contributed by atoms with Gasteiger partial charge >= 0.3 is 5.97 Å². The van der Waals surface area contributed by atoms with E-state index in [4.69, 9.17) is 11.6 Å². The van der Waals surface area contributed by atoms with Gasteiger partial charge in [0, 0.05) is 31.1 Å². The SMILES string of the molecule is CC1=CC(c2ccc(Cl)cc2)=CCC=C1CC(CNC(=O)CC1CCN(C=O)CC1)C(=O)O.CCC1=CCC=C(F)C=C1. The summed E-state index contributed by atoms with van der Waals surface area (Å²) >= 11 is 5.99. The van der Waals surface area contributed by atoms with Gasteiger partial charge in [-0.1, -0.05) is 66.6 Å². The number of hydrogen-bond donors (Lipinski definition) is 2. The average molecular weight is 609 g/mol. The molecule has 1 saturated heterocycles. The molecule has 1 heterocycles. The lowest BCUT2D eigenvalue weighted by molar-refractivity contribution is -0.141. The van der Waals surface area contributed by atoms with E-state index in [1.54, 1.807) is 11.0 Å². The van der Waals surface area contributed by atoms with Gasteiger partial charge in [-0.05, 0) is 97.9 Å². The second-order valence-electron chi connectivity index (χ2n) is 11.1. The van der Waals surface area contributed by atoms with Gasteiger partial charge in [0.25, 0.3) is 0 Å².